The second kappa shape index (κ2) is 9.60. The Morgan fingerprint density at radius 1 is 1.03 bits per heavy atom. The first-order valence-corrected chi connectivity index (χ1v) is 12.3. The van der Waals surface area contributed by atoms with E-state index in [1.807, 2.05) is 26.0 Å². The number of pyridine rings is 3. The smallest absolute Gasteiger partial charge is 0.224 e. The second-order valence-electron chi connectivity index (χ2n) is 9.64. The van der Waals surface area contributed by atoms with E-state index in [4.69, 9.17) is 4.98 Å². The van der Waals surface area contributed by atoms with Gasteiger partial charge in [-0.25, -0.2) is 19.3 Å². The maximum atomic E-state index is 14.0. The highest BCUT2D eigenvalue weighted by Gasteiger charge is 2.18. The van der Waals surface area contributed by atoms with Crippen molar-refractivity contribution in [1.29, 1.82) is 0 Å². The molecule has 11 heteroatoms. The number of phenolic OH excluding ortho intramolecular Hbond substituents is 1. The number of hydrogen-bond acceptors (Lipinski definition) is 7. The first-order chi connectivity index (χ1) is 18.8. The molecule has 194 valence electrons. The van der Waals surface area contributed by atoms with E-state index in [-0.39, 0.29) is 17.6 Å². The lowest BCUT2D eigenvalue weighted by Crippen LogP contribution is -2.13. The van der Waals surface area contributed by atoms with Crippen molar-refractivity contribution in [1.82, 2.24) is 35.1 Å². The van der Waals surface area contributed by atoms with Crippen LogP contribution in [0.15, 0.2) is 61.2 Å². The zero-order valence-electron chi connectivity index (χ0n) is 21.0. The Hall–Kier alpha value is -5.19. The Morgan fingerprint density at radius 2 is 1.87 bits per heavy atom. The van der Waals surface area contributed by atoms with Gasteiger partial charge < -0.3 is 15.4 Å². The standard InChI is InChI=1S/C28H23FN8O2/c1-14(2)5-23(39)33-19-7-16(11-30-13-19)17-9-22-25(36-37-26(22)32-12-17)28-34-24-21(3-4-31-27(24)35-28)15-6-18(29)10-20(38)8-15/h3-4,6-14,38H,5H2,1-2H3,(H,33,39)(H,31,34,35)(H,32,36,37). The summed E-state index contributed by atoms with van der Waals surface area (Å²) in [6.45, 7) is 3.98. The average molecular weight is 523 g/mol. The van der Waals surface area contributed by atoms with E-state index in [2.05, 4.69) is 35.5 Å². The zero-order chi connectivity index (χ0) is 27.1. The number of aromatic hydroxyl groups is 1. The molecule has 0 saturated heterocycles. The molecule has 5 aromatic heterocycles. The number of phenols is 1. The van der Waals surface area contributed by atoms with Crippen molar-refractivity contribution < 1.29 is 14.3 Å². The summed E-state index contributed by atoms with van der Waals surface area (Å²) in [6, 6.07) is 9.33. The largest absolute Gasteiger partial charge is 0.508 e. The normalized spacial score (nSPS) is 11.5. The maximum Gasteiger partial charge on any atom is 0.224 e. The lowest BCUT2D eigenvalue weighted by atomic mass is 10.1. The molecule has 0 saturated carbocycles. The number of carbonyl (C=O) groups is 1. The Labute approximate surface area is 221 Å². The van der Waals surface area contributed by atoms with Crippen molar-refractivity contribution in [2.45, 2.75) is 20.3 Å². The molecule has 0 aliphatic rings. The summed E-state index contributed by atoms with van der Waals surface area (Å²) in [7, 11) is 0. The number of imidazole rings is 1. The molecular formula is C28H23FN8O2. The lowest BCUT2D eigenvalue weighted by molar-refractivity contribution is -0.116. The molecule has 10 nitrogen and oxygen atoms in total. The van der Waals surface area contributed by atoms with Gasteiger partial charge in [0.05, 0.1) is 17.3 Å². The van der Waals surface area contributed by atoms with Gasteiger partial charge in [-0.3, -0.25) is 14.9 Å². The first kappa shape index (κ1) is 24.2. The van der Waals surface area contributed by atoms with Crippen LogP contribution in [-0.2, 0) is 4.79 Å². The number of nitrogens with zero attached hydrogens (tertiary/aromatic N) is 5. The summed E-state index contributed by atoms with van der Waals surface area (Å²) in [4.78, 5) is 33.3. The molecule has 4 N–H and O–H groups in total. The van der Waals surface area contributed by atoms with Crippen molar-refractivity contribution in [2.75, 3.05) is 5.32 Å². The summed E-state index contributed by atoms with van der Waals surface area (Å²) in [5, 5.41) is 20.8. The van der Waals surface area contributed by atoms with Crippen molar-refractivity contribution in [3.63, 3.8) is 0 Å². The number of H-pyrrole nitrogens is 2. The molecule has 0 aliphatic heterocycles. The van der Waals surface area contributed by atoms with Crippen LogP contribution < -0.4 is 5.32 Å². The number of amides is 1. The van der Waals surface area contributed by atoms with Crippen LogP contribution in [0.1, 0.15) is 20.3 Å². The second-order valence-corrected chi connectivity index (χ2v) is 9.64. The van der Waals surface area contributed by atoms with E-state index in [1.165, 1.54) is 12.1 Å². The van der Waals surface area contributed by atoms with E-state index in [0.717, 1.165) is 17.2 Å². The predicted octanol–water partition coefficient (Wildman–Crippen LogP) is 5.45. The number of carbonyl (C=O) groups excluding carboxylic acids is 1. The molecule has 0 aliphatic carbocycles. The number of aromatic amines is 2. The Balaban J connectivity index is 1.39. The fraction of sp³-hybridized carbons (Fsp3) is 0.143. The minimum atomic E-state index is -0.555. The molecular weight excluding hydrogens is 499 g/mol. The number of hydrogen-bond donors (Lipinski definition) is 4. The highest BCUT2D eigenvalue weighted by atomic mass is 19.1. The van der Waals surface area contributed by atoms with Gasteiger partial charge in [0.2, 0.25) is 5.91 Å². The van der Waals surface area contributed by atoms with Crippen molar-refractivity contribution in [2.24, 2.45) is 5.92 Å². The molecule has 0 radical (unpaired) electrons. The minimum absolute atomic E-state index is 0.0686. The minimum Gasteiger partial charge on any atom is -0.508 e. The summed E-state index contributed by atoms with van der Waals surface area (Å²) in [5.41, 5.74) is 5.32. The van der Waals surface area contributed by atoms with Gasteiger partial charge in [-0.1, -0.05) is 13.8 Å². The summed E-state index contributed by atoms with van der Waals surface area (Å²) < 4.78 is 14.0. The van der Waals surface area contributed by atoms with Gasteiger partial charge in [-0.05, 0) is 41.8 Å². The van der Waals surface area contributed by atoms with E-state index < -0.39 is 5.82 Å². The van der Waals surface area contributed by atoms with E-state index in [1.54, 1.807) is 30.9 Å². The third-order valence-corrected chi connectivity index (χ3v) is 6.17. The van der Waals surface area contributed by atoms with Gasteiger partial charge in [0.1, 0.15) is 22.8 Å². The molecule has 39 heavy (non-hydrogen) atoms. The fourth-order valence-corrected chi connectivity index (χ4v) is 4.48. The van der Waals surface area contributed by atoms with Crippen LogP contribution >= 0.6 is 0 Å². The van der Waals surface area contributed by atoms with Crippen LogP contribution in [0.3, 0.4) is 0 Å². The van der Waals surface area contributed by atoms with Crippen molar-refractivity contribution in [3.8, 4) is 39.5 Å². The number of benzene rings is 1. The van der Waals surface area contributed by atoms with Crippen LogP contribution in [0.2, 0.25) is 0 Å². The molecule has 0 unspecified atom stereocenters. The van der Waals surface area contributed by atoms with Gasteiger partial charge in [-0.15, -0.1) is 0 Å². The number of nitrogens with one attached hydrogen (secondary N) is 3. The monoisotopic (exact) mass is 522 g/mol. The third-order valence-electron chi connectivity index (χ3n) is 6.17. The summed E-state index contributed by atoms with van der Waals surface area (Å²) >= 11 is 0. The van der Waals surface area contributed by atoms with Crippen LogP contribution in [-0.4, -0.2) is 46.1 Å². The highest BCUT2D eigenvalue weighted by molar-refractivity contribution is 5.96. The molecule has 0 bridgehead atoms. The Bertz CT molecular complexity index is 1840. The van der Waals surface area contributed by atoms with Crippen LogP contribution in [0.25, 0.3) is 56.0 Å². The van der Waals surface area contributed by atoms with Gasteiger partial charge >= 0.3 is 0 Å². The molecule has 6 rings (SSSR count). The van der Waals surface area contributed by atoms with E-state index in [0.29, 0.717) is 57.0 Å². The number of halogens is 1. The number of anilines is 1. The molecule has 5 heterocycles. The number of aromatic nitrogens is 7. The van der Waals surface area contributed by atoms with Crippen molar-refractivity contribution in [3.05, 3.63) is 67.0 Å². The van der Waals surface area contributed by atoms with E-state index >= 15 is 0 Å². The summed E-state index contributed by atoms with van der Waals surface area (Å²) in [6.07, 6.45) is 7.02. The predicted molar refractivity (Wildman–Crippen MR) is 145 cm³/mol. The molecule has 0 atom stereocenters. The molecule has 0 fully saturated rings. The Morgan fingerprint density at radius 3 is 2.69 bits per heavy atom. The van der Waals surface area contributed by atoms with Gasteiger partial charge in [0.25, 0.3) is 0 Å². The molecule has 1 aromatic carbocycles. The van der Waals surface area contributed by atoms with Crippen molar-refractivity contribution >= 4 is 33.8 Å². The molecule has 1 amide bonds. The zero-order valence-corrected chi connectivity index (χ0v) is 21.0. The maximum absolute atomic E-state index is 14.0. The summed E-state index contributed by atoms with van der Waals surface area (Å²) in [5.74, 6) is -0.108. The quantitative estimate of drug-likeness (QED) is 0.227. The number of fused-ring (bicyclic) bond motifs is 2. The van der Waals surface area contributed by atoms with Crippen LogP contribution in [0.5, 0.6) is 5.75 Å². The first-order valence-electron chi connectivity index (χ1n) is 12.3. The van der Waals surface area contributed by atoms with Gasteiger partial charge in [0, 0.05) is 47.8 Å². The lowest BCUT2D eigenvalue weighted by Gasteiger charge is -2.08. The van der Waals surface area contributed by atoms with Gasteiger partial charge in [0.15, 0.2) is 17.1 Å². The van der Waals surface area contributed by atoms with Crippen LogP contribution in [0, 0.1) is 11.7 Å². The average Bonchev–Trinajstić information content (AvgIpc) is 3.51. The fourth-order valence-electron chi connectivity index (χ4n) is 4.48. The SMILES string of the molecule is CC(C)CC(=O)Nc1cncc(-c2cnc3[nH]nc(-c4nc5c(-c6cc(O)cc(F)c6)ccnc5[nH]4)c3c2)c1. The number of rotatable bonds is 6. The Kier molecular flexibility index (Phi) is 5.95. The molecule has 0 spiro atoms. The van der Waals surface area contributed by atoms with Crippen LogP contribution in [0.4, 0.5) is 10.1 Å². The van der Waals surface area contributed by atoms with Gasteiger partial charge in [-0.2, -0.15) is 5.10 Å². The topological polar surface area (TPSA) is 145 Å². The van der Waals surface area contributed by atoms with E-state index in [9.17, 15) is 14.3 Å². The highest BCUT2D eigenvalue weighted by Crippen LogP contribution is 2.33. The third kappa shape index (κ3) is 4.77. The molecule has 6 aromatic rings.